The number of ether oxygens (including phenoxy) is 6. The number of hydrogen-bond donors (Lipinski definition) is 13. The molecule has 3 aliphatic rings. The van der Waals surface area contributed by atoms with Crippen LogP contribution in [-0.2, 0) is 44.4 Å². The molecule has 0 bridgehead atoms. The third kappa shape index (κ3) is 9.40. The van der Waals surface area contributed by atoms with Crippen LogP contribution in [-0.4, -0.2) is 199 Å². The molecule has 0 spiro atoms. The molecule has 0 aromatic heterocycles. The number of carbonyl (C=O) groups excluding carboxylic acids is 1. The topological polar surface area (TPSA) is 350 Å². The molecular formula is C31H48N2O19. The fourth-order valence-electron chi connectivity index (χ4n) is 6.25. The van der Waals surface area contributed by atoms with E-state index in [4.69, 9.17) is 34.2 Å². The minimum Gasteiger partial charge on any atom is -0.477 e. The summed E-state index contributed by atoms with van der Waals surface area (Å²) in [6, 6.07) is 6.76. The monoisotopic (exact) mass is 752 g/mol. The predicted octanol–water partition coefficient (Wildman–Crippen LogP) is -7.02. The Hall–Kier alpha value is -2.52. The molecule has 52 heavy (non-hydrogen) atoms. The van der Waals surface area contributed by atoms with Crippen molar-refractivity contribution < 1.29 is 94.2 Å². The molecule has 16 atom stereocenters. The highest BCUT2D eigenvalue weighted by Gasteiger charge is 2.60. The van der Waals surface area contributed by atoms with Crippen molar-refractivity contribution in [3.8, 4) is 0 Å². The molecule has 3 fully saturated rings. The third-order valence-electron chi connectivity index (χ3n) is 9.01. The molecule has 3 heterocycles. The van der Waals surface area contributed by atoms with Gasteiger partial charge in [-0.15, -0.1) is 0 Å². The molecule has 21 nitrogen and oxygen atoms in total. The van der Waals surface area contributed by atoms with Crippen molar-refractivity contribution in [2.24, 2.45) is 5.73 Å². The van der Waals surface area contributed by atoms with Crippen LogP contribution in [0.2, 0.25) is 0 Å². The first kappa shape index (κ1) is 42.2. The van der Waals surface area contributed by atoms with Gasteiger partial charge < -0.3 is 95.6 Å². The Labute approximate surface area is 296 Å². The minimum atomic E-state index is -3.06. The van der Waals surface area contributed by atoms with E-state index in [1.54, 1.807) is 30.3 Å². The normalized spacial score (nSPS) is 39.4. The van der Waals surface area contributed by atoms with Crippen molar-refractivity contribution in [1.29, 1.82) is 0 Å². The molecule has 3 saturated heterocycles. The van der Waals surface area contributed by atoms with Crippen molar-refractivity contribution in [2.75, 3.05) is 33.0 Å². The quantitative estimate of drug-likeness (QED) is 0.0746. The summed E-state index contributed by atoms with van der Waals surface area (Å²) in [5, 5.41) is 118. The Morgan fingerprint density at radius 2 is 1.56 bits per heavy atom. The number of aliphatic hydroxyl groups is 10. The second kappa shape index (κ2) is 18.7. The number of nitrogens with two attached hydrogens (primary N) is 1. The van der Waals surface area contributed by atoms with Gasteiger partial charge >= 0.3 is 5.97 Å². The lowest BCUT2D eigenvalue weighted by molar-refractivity contribution is -0.386. The second-order valence-corrected chi connectivity index (χ2v) is 12.7. The van der Waals surface area contributed by atoms with E-state index in [1.807, 2.05) is 0 Å². The number of benzene rings is 1. The first-order valence-corrected chi connectivity index (χ1v) is 16.5. The number of nitrogens with one attached hydrogen (secondary N) is 1. The summed E-state index contributed by atoms with van der Waals surface area (Å²) >= 11 is 0. The number of rotatable bonds is 16. The van der Waals surface area contributed by atoms with Crippen molar-refractivity contribution in [2.45, 2.75) is 110 Å². The van der Waals surface area contributed by atoms with Gasteiger partial charge in [0, 0.05) is 13.0 Å². The Balaban J connectivity index is 1.60. The molecular weight excluding hydrogens is 704 g/mol. The number of amides is 1. The lowest BCUT2D eigenvalue weighted by atomic mass is 9.88. The molecule has 1 aromatic carbocycles. The molecule has 0 saturated carbocycles. The fourth-order valence-corrected chi connectivity index (χ4v) is 6.25. The van der Waals surface area contributed by atoms with Gasteiger partial charge in [-0.3, -0.25) is 4.79 Å². The molecule has 296 valence electrons. The number of aliphatic carboxylic acids is 1. The highest BCUT2D eigenvalue weighted by molar-refractivity contribution is 5.79. The standard InChI is InChI=1S/C31H48N2O19/c32-6-7-47-28-23(43)22(42)25(17(12-36)49-28)50-29-24(44)27(21(41)16(11-35)48-29)52-31(30(45)46)9-14(37)19(26(51-31)20(40)15(38)10-34)33-18(39)8-13-4-2-1-3-5-13/h1-5,14-17,19-29,34-38,40-44H,6-12,32H2,(H,33,39)(H,45,46)/t14?,15-,16?,17?,19-,20-,21+,22?,23?,24?,25-,26?,27?,28-,29+,31+/m1/s1. The molecule has 14 N–H and O–H groups in total. The van der Waals surface area contributed by atoms with E-state index < -0.39 is 136 Å². The lowest BCUT2D eigenvalue weighted by Gasteiger charge is -2.50. The number of carboxylic acids is 1. The molecule has 1 amide bonds. The average molecular weight is 753 g/mol. The van der Waals surface area contributed by atoms with Crippen molar-refractivity contribution in [3.05, 3.63) is 35.9 Å². The largest absolute Gasteiger partial charge is 0.477 e. The summed E-state index contributed by atoms with van der Waals surface area (Å²) in [4.78, 5) is 25.8. The third-order valence-corrected chi connectivity index (χ3v) is 9.01. The summed E-state index contributed by atoms with van der Waals surface area (Å²) in [6.07, 6.45) is -27.4. The van der Waals surface area contributed by atoms with E-state index in [9.17, 15) is 65.8 Å². The number of carbonyl (C=O) groups is 2. The first-order chi connectivity index (χ1) is 24.7. The van der Waals surface area contributed by atoms with Gasteiger partial charge in [-0.1, -0.05) is 30.3 Å². The van der Waals surface area contributed by atoms with E-state index in [1.165, 1.54) is 0 Å². The minimum absolute atomic E-state index is 0.0324. The van der Waals surface area contributed by atoms with E-state index >= 15 is 0 Å². The van der Waals surface area contributed by atoms with Crippen LogP contribution >= 0.6 is 0 Å². The van der Waals surface area contributed by atoms with Crippen LogP contribution in [0.5, 0.6) is 0 Å². The van der Waals surface area contributed by atoms with Crippen molar-refractivity contribution in [3.63, 3.8) is 0 Å². The van der Waals surface area contributed by atoms with Crippen LogP contribution in [0.1, 0.15) is 12.0 Å². The van der Waals surface area contributed by atoms with Gasteiger partial charge in [0.2, 0.25) is 5.91 Å². The highest BCUT2D eigenvalue weighted by Crippen LogP contribution is 2.38. The highest BCUT2D eigenvalue weighted by atomic mass is 16.8. The molecule has 3 aliphatic heterocycles. The average Bonchev–Trinajstić information content (AvgIpc) is 3.13. The maximum atomic E-state index is 12.9. The molecule has 21 heteroatoms. The Bertz CT molecular complexity index is 1280. The maximum absolute atomic E-state index is 12.9. The Kier molecular flexibility index (Phi) is 15.2. The van der Waals surface area contributed by atoms with Gasteiger partial charge in [0.15, 0.2) is 12.6 Å². The molecule has 4 rings (SSSR count). The predicted molar refractivity (Wildman–Crippen MR) is 167 cm³/mol. The zero-order valence-electron chi connectivity index (χ0n) is 27.8. The van der Waals surface area contributed by atoms with Crippen LogP contribution in [0.15, 0.2) is 30.3 Å². The fraction of sp³-hybridized carbons (Fsp3) is 0.742. The summed E-state index contributed by atoms with van der Waals surface area (Å²) in [5.41, 5.74) is 5.96. The molecule has 0 aliphatic carbocycles. The number of hydrogen-bond acceptors (Lipinski definition) is 19. The van der Waals surface area contributed by atoms with Gasteiger partial charge in [-0.25, -0.2) is 4.79 Å². The van der Waals surface area contributed by atoms with Gasteiger partial charge in [0.05, 0.1) is 45.0 Å². The summed E-state index contributed by atoms with van der Waals surface area (Å²) < 4.78 is 33.2. The van der Waals surface area contributed by atoms with Crippen molar-refractivity contribution >= 4 is 11.9 Å². The van der Waals surface area contributed by atoms with Crippen LogP contribution in [0.4, 0.5) is 0 Å². The van der Waals surface area contributed by atoms with Crippen LogP contribution < -0.4 is 11.1 Å². The van der Waals surface area contributed by atoms with Gasteiger partial charge in [-0.05, 0) is 5.56 Å². The first-order valence-electron chi connectivity index (χ1n) is 16.5. The second-order valence-electron chi connectivity index (χ2n) is 12.7. The Morgan fingerprint density at radius 3 is 2.15 bits per heavy atom. The van der Waals surface area contributed by atoms with Gasteiger partial charge in [-0.2, -0.15) is 0 Å². The van der Waals surface area contributed by atoms with Crippen molar-refractivity contribution in [1.82, 2.24) is 5.32 Å². The van der Waals surface area contributed by atoms with Crippen LogP contribution in [0.25, 0.3) is 0 Å². The summed E-state index contributed by atoms with van der Waals surface area (Å²) in [7, 11) is 0. The maximum Gasteiger partial charge on any atom is 0.364 e. The summed E-state index contributed by atoms with van der Waals surface area (Å²) in [5.74, 6) is -5.72. The Morgan fingerprint density at radius 1 is 0.904 bits per heavy atom. The van der Waals surface area contributed by atoms with E-state index in [0.717, 1.165) is 0 Å². The smallest absolute Gasteiger partial charge is 0.364 e. The molecule has 0 radical (unpaired) electrons. The number of carboxylic acid groups (broad SMARTS) is 1. The van der Waals surface area contributed by atoms with E-state index in [2.05, 4.69) is 5.32 Å². The van der Waals surface area contributed by atoms with E-state index in [-0.39, 0.29) is 19.6 Å². The van der Waals surface area contributed by atoms with Crippen LogP contribution in [0, 0.1) is 0 Å². The zero-order chi connectivity index (χ0) is 38.3. The summed E-state index contributed by atoms with van der Waals surface area (Å²) in [6.45, 7) is -2.90. The lowest BCUT2D eigenvalue weighted by Crippen LogP contribution is -2.71. The van der Waals surface area contributed by atoms with Gasteiger partial charge in [0.1, 0.15) is 67.1 Å². The number of aliphatic hydroxyl groups excluding tert-OH is 10. The van der Waals surface area contributed by atoms with Gasteiger partial charge in [0.25, 0.3) is 5.79 Å². The zero-order valence-corrected chi connectivity index (χ0v) is 27.8. The molecule has 8 unspecified atom stereocenters. The van der Waals surface area contributed by atoms with Crippen LogP contribution in [0.3, 0.4) is 0 Å². The SMILES string of the molecule is NCCO[C@@H]1OC(CO)[C@@H](O[C@@H]2OC(CO)[C@H](O)C(O[C@]3(C(=O)O)CC(O)[C@@H](NC(=O)Cc4ccccc4)C([C@H](O)[C@H](O)CO)O3)C2O)C(O)C1O. The van der Waals surface area contributed by atoms with E-state index in [0.29, 0.717) is 5.56 Å². The molecule has 1 aromatic rings.